The largest absolute Gasteiger partial charge is 0.367 e. The number of hydrogen-bond donors (Lipinski definition) is 0. The first-order chi connectivity index (χ1) is 15.0. The zero-order chi connectivity index (χ0) is 21.5. The highest BCUT2D eigenvalue weighted by atomic mass is 79.9. The molecule has 0 N–H and O–H groups in total. The molecule has 31 heavy (non-hydrogen) atoms. The molecular weight excluding hydrogens is 467 g/mol. The van der Waals surface area contributed by atoms with Crippen LogP contribution in [-0.4, -0.2) is 29.5 Å². The molecule has 0 atom stereocenters. The number of aryl methyl sites for hydroxylation is 1. The molecule has 3 aromatic heterocycles. The lowest BCUT2D eigenvalue weighted by Crippen LogP contribution is -2.23. The molecule has 5 aromatic rings. The minimum atomic E-state index is -0.423. The molecule has 5 rings (SSSR count). The lowest BCUT2D eigenvalue weighted by Gasteiger charge is -2.01. The maximum Gasteiger partial charge on any atom is 0.367 e. The van der Waals surface area contributed by atoms with Crippen LogP contribution in [0.3, 0.4) is 0 Å². The predicted octanol–water partition coefficient (Wildman–Crippen LogP) is 3.87. The van der Waals surface area contributed by atoms with E-state index in [4.69, 9.17) is 4.52 Å². The number of fused-ring (bicyclic) bond motifs is 1. The zero-order valence-corrected chi connectivity index (χ0v) is 17.7. The van der Waals surface area contributed by atoms with Crippen LogP contribution in [0, 0.1) is 12.7 Å². The first-order valence-corrected chi connectivity index (χ1v) is 10.1. The third-order valence-electron chi connectivity index (χ3n) is 4.72. The van der Waals surface area contributed by atoms with Gasteiger partial charge in [-0.2, -0.15) is 14.6 Å². The number of rotatable bonds is 4. The van der Waals surface area contributed by atoms with Gasteiger partial charge in [-0.3, -0.25) is 0 Å². The van der Waals surface area contributed by atoms with Crippen LogP contribution in [0.2, 0.25) is 0 Å². The summed E-state index contributed by atoms with van der Waals surface area (Å²) >= 11 is 3.13. The van der Waals surface area contributed by atoms with E-state index in [1.54, 1.807) is 18.2 Å². The second kappa shape index (κ2) is 7.55. The highest BCUT2D eigenvalue weighted by Crippen LogP contribution is 2.23. The molecular formula is C21H14BrFN6O2. The van der Waals surface area contributed by atoms with Crippen molar-refractivity contribution >= 4 is 21.6 Å². The Morgan fingerprint density at radius 3 is 2.58 bits per heavy atom. The summed E-state index contributed by atoms with van der Waals surface area (Å²) in [5.41, 5.74) is 3.27. The number of nitrogens with zero attached hydrogens (tertiary/aromatic N) is 6. The van der Waals surface area contributed by atoms with Gasteiger partial charge in [-0.15, -0.1) is 5.10 Å². The van der Waals surface area contributed by atoms with Gasteiger partial charge in [0.15, 0.2) is 5.65 Å². The molecule has 10 heteroatoms. The van der Waals surface area contributed by atoms with Crippen molar-refractivity contribution in [3.63, 3.8) is 0 Å². The topological polar surface area (TPSA) is 91.1 Å². The molecule has 0 bridgehead atoms. The number of hydrogen-bond acceptors (Lipinski definition) is 6. The van der Waals surface area contributed by atoms with E-state index in [2.05, 4.69) is 36.3 Å². The predicted molar refractivity (Wildman–Crippen MR) is 114 cm³/mol. The van der Waals surface area contributed by atoms with Crippen LogP contribution in [-0.2, 0) is 6.54 Å². The van der Waals surface area contributed by atoms with Gasteiger partial charge < -0.3 is 4.52 Å². The molecule has 0 fully saturated rings. The Morgan fingerprint density at radius 1 is 1.03 bits per heavy atom. The number of halogens is 2. The third kappa shape index (κ3) is 3.66. The summed E-state index contributed by atoms with van der Waals surface area (Å²) in [4.78, 5) is 17.1. The van der Waals surface area contributed by atoms with Gasteiger partial charge in [0.05, 0.1) is 10.2 Å². The van der Waals surface area contributed by atoms with Crippen LogP contribution in [0.5, 0.6) is 0 Å². The van der Waals surface area contributed by atoms with E-state index in [9.17, 15) is 9.18 Å². The standard InChI is InChI=1S/C21H14BrFN6O2/c1-12-2-4-13(5-3-12)17-8-9-18-26-28(21(30)29(18)25-17)11-19-24-20(27-31-19)14-6-7-16(23)15(22)10-14/h2-10H,11H2,1H3. The Kier molecular flexibility index (Phi) is 4.70. The van der Waals surface area contributed by atoms with Gasteiger partial charge >= 0.3 is 5.69 Å². The van der Waals surface area contributed by atoms with E-state index in [-0.39, 0.29) is 24.1 Å². The van der Waals surface area contributed by atoms with E-state index in [0.29, 0.717) is 21.4 Å². The third-order valence-corrected chi connectivity index (χ3v) is 5.33. The van der Waals surface area contributed by atoms with Crippen molar-refractivity contribution in [1.82, 2.24) is 29.5 Å². The van der Waals surface area contributed by atoms with Crippen LogP contribution >= 0.6 is 15.9 Å². The Morgan fingerprint density at radius 2 is 1.81 bits per heavy atom. The molecule has 0 saturated heterocycles. The second-order valence-electron chi connectivity index (χ2n) is 6.94. The number of benzene rings is 2. The fraction of sp³-hybridized carbons (Fsp3) is 0.0952. The summed E-state index contributed by atoms with van der Waals surface area (Å²) in [6, 6.07) is 15.8. The van der Waals surface area contributed by atoms with Crippen molar-refractivity contribution in [3.05, 3.63) is 86.8 Å². The van der Waals surface area contributed by atoms with Gasteiger partial charge in [0.25, 0.3) is 0 Å². The second-order valence-corrected chi connectivity index (χ2v) is 7.79. The molecule has 0 radical (unpaired) electrons. The molecule has 0 saturated carbocycles. The van der Waals surface area contributed by atoms with Crippen LogP contribution in [0.25, 0.3) is 28.3 Å². The maximum atomic E-state index is 13.4. The molecule has 0 aliphatic heterocycles. The maximum absolute atomic E-state index is 13.4. The first-order valence-electron chi connectivity index (χ1n) is 9.30. The van der Waals surface area contributed by atoms with Crippen molar-refractivity contribution in [2.75, 3.05) is 0 Å². The Hall–Kier alpha value is -3.66. The summed E-state index contributed by atoms with van der Waals surface area (Å²) in [6.45, 7) is 1.99. The average molecular weight is 481 g/mol. The quantitative estimate of drug-likeness (QED) is 0.387. The highest BCUT2D eigenvalue weighted by molar-refractivity contribution is 9.10. The molecule has 0 aliphatic carbocycles. The molecule has 0 amide bonds. The summed E-state index contributed by atoms with van der Waals surface area (Å²) in [5.74, 6) is 0.0910. The van der Waals surface area contributed by atoms with Crippen LogP contribution in [0.1, 0.15) is 11.5 Å². The molecule has 8 nitrogen and oxygen atoms in total. The Bertz CT molecular complexity index is 1470. The monoisotopic (exact) mass is 480 g/mol. The SMILES string of the molecule is Cc1ccc(-c2ccc3nn(Cc4nc(-c5ccc(F)c(Br)c5)no4)c(=O)n3n2)cc1. The van der Waals surface area contributed by atoms with Crippen LogP contribution in [0.15, 0.2) is 68.4 Å². The van der Waals surface area contributed by atoms with Gasteiger partial charge in [-0.05, 0) is 53.2 Å². The van der Waals surface area contributed by atoms with E-state index < -0.39 is 5.69 Å². The van der Waals surface area contributed by atoms with E-state index in [1.807, 2.05) is 37.3 Å². The van der Waals surface area contributed by atoms with Crippen LogP contribution in [0.4, 0.5) is 4.39 Å². The lowest BCUT2D eigenvalue weighted by molar-refractivity contribution is 0.364. The summed E-state index contributed by atoms with van der Waals surface area (Å²) in [6.07, 6.45) is 0. The number of aromatic nitrogens is 6. The van der Waals surface area contributed by atoms with Crippen molar-refractivity contribution in [2.24, 2.45) is 0 Å². The summed E-state index contributed by atoms with van der Waals surface area (Å²) in [5, 5.41) is 12.6. The van der Waals surface area contributed by atoms with E-state index in [0.717, 1.165) is 11.1 Å². The summed E-state index contributed by atoms with van der Waals surface area (Å²) < 4.78 is 21.4. The molecule has 0 unspecified atom stereocenters. The molecule has 3 heterocycles. The van der Waals surface area contributed by atoms with Gasteiger partial charge in [-0.25, -0.2) is 13.9 Å². The van der Waals surface area contributed by atoms with Crippen LogP contribution < -0.4 is 5.69 Å². The van der Waals surface area contributed by atoms with Gasteiger partial charge in [-0.1, -0.05) is 35.0 Å². The smallest absolute Gasteiger partial charge is 0.337 e. The fourth-order valence-electron chi connectivity index (χ4n) is 3.09. The Labute approximate surface area is 183 Å². The minimum Gasteiger partial charge on any atom is -0.337 e. The van der Waals surface area contributed by atoms with E-state index >= 15 is 0 Å². The highest BCUT2D eigenvalue weighted by Gasteiger charge is 2.15. The fourth-order valence-corrected chi connectivity index (χ4v) is 3.47. The average Bonchev–Trinajstić information content (AvgIpc) is 3.36. The van der Waals surface area contributed by atoms with Gasteiger partial charge in [0, 0.05) is 11.1 Å². The molecule has 0 spiro atoms. The Balaban J connectivity index is 1.45. The van der Waals surface area contributed by atoms with Crippen molar-refractivity contribution < 1.29 is 8.91 Å². The summed E-state index contributed by atoms with van der Waals surface area (Å²) in [7, 11) is 0. The first kappa shape index (κ1) is 19.3. The normalized spacial score (nSPS) is 11.3. The molecule has 154 valence electrons. The van der Waals surface area contributed by atoms with Gasteiger partial charge in [0.2, 0.25) is 11.7 Å². The molecule has 0 aliphatic rings. The minimum absolute atomic E-state index is 0.0164. The van der Waals surface area contributed by atoms with Gasteiger partial charge in [0.1, 0.15) is 12.4 Å². The van der Waals surface area contributed by atoms with Crippen molar-refractivity contribution in [2.45, 2.75) is 13.5 Å². The van der Waals surface area contributed by atoms with Crippen molar-refractivity contribution in [3.8, 4) is 22.6 Å². The van der Waals surface area contributed by atoms with Crippen molar-refractivity contribution in [1.29, 1.82) is 0 Å². The lowest BCUT2D eigenvalue weighted by atomic mass is 10.1. The zero-order valence-electron chi connectivity index (χ0n) is 16.2. The van der Waals surface area contributed by atoms with E-state index in [1.165, 1.54) is 15.3 Å². The molecule has 2 aromatic carbocycles.